The molecule has 16 heavy (non-hydrogen) atoms. The second kappa shape index (κ2) is 6.86. The third-order valence-electron chi connectivity index (χ3n) is 3.14. The highest BCUT2D eigenvalue weighted by Crippen LogP contribution is 2.10. The molecule has 0 spiro atoms. The first kappa shape index (κ1) is 13.5. The van der Waals surface area contributed by atoms with Gasteiger partial charge in [-0.3, -0.25) is 9.69 Å². The van der Waals surface area contributed by atoms with E-state index in [0.29, 0.717) is 12.6 Å². The number of likely N-dealkylation sites (N-methyl/N-ethyl adjacent to an activating group) is 1. The largest absolute Gasteiger partial charge is 0.348 e. The van der Waals surface area contributed by atoms with Gasteiger partial charge < -0.3 is 10.2 Å². The minimum atomic E-state index is 0.207. The zero-order valence-corrected chi connectivity index (χ0v) is 10.8. The zero-order chi connectivity index (χ0) is 12.0. The second-order valence-corrected chi connectivity index (χ2v) is 4.76. The maximum atomic E-state index is 11.7. The molecule has 0 bridgehead atoms. The SMILES string of the molecule is CCCN(CC(=O)N(C)C)C1CCCNC1. The summed E-state index contributed by atoms with van der Waals surface area (Å²) in [7, 11) is 3.65. The van der Waals surface area contributed by atoms with Gasteiger partial charge in [0.2, 0.25) is 5.91 Å². The smallest absolute Gasteiger partial charge is 0.236 e. The number of carbonyl (C=O) groups excluding carboxylic acids is 1. The van der Waals surface area contributed by atoms with E-state index in [0.717, 1.165) is 26.1 Å². The van der Waals surface area contributed by atoms with Crippen molar-refractivity contribution < 1.29 is 4.79 Å². The van der Waals surface area contributed by atoms with Crippen LogP contribution in [-0.4, -0.2) is 62.0 Å². The van der Waals surface area contributed by atoms with E-state index in [2.05, 4.69) is 17.1 Å². The molecule has 0 radical (unpaired) electrons. The predicted molar refractivity (Wildman–Crippen MR) is 66.4 cm³/mol. The summed E-state index contributed by atoms with van der Waals surface area (Å²) < 4.78 is 0. The summed E-state index contributed by atoms with van der Waals surface area (Å²) in [6, 6.07) is 0.539. The van der Waals surface area contributed by atoms with E-state index < -0.39 is 0 Å². The van der Waals surface area contributed by atoms with Crippen LogP contribution in [0.4, 0.5) is 0 Å². The van der Waals surface area contributed by atoms with Crippen molar-refractivity contribution in [3.8, 4) is 0 Å². The maximum Gasteiger partial charge on any atom is 0.236 e. The Kier molecular flexibility index (Phi) is 5.77. The van der Waals surface area contributed by atoms with Crippen molar-refractivity contribution in [2.45, 2.75) is 32.2 Å². The number of carbonyl (C=O) groups is 1. The van der Waals surface area contributed by atoms with Crippen molar-refractivity contribution >= 4 is 5.91 Å². The van der Waals surface area contributed by atoms with Crippen LogP contribution in [0.3, 0.4) is 0 Å². The van der Waals surface area contributed by atoms with Crippen molar-refractivity contribution in [3.63, 3.8) is 0 Å². The summed E-state index contributed by atoms with van der Waals surface area (Å²) in [5.41, 5.74) is 0. The van der Waals surface area contributed by atoms with E-state index >= 15 is 0 Å². The van der Waals surface area contributed by atoms with E-state index in [1.807, 2.05) is 14.1 Å². The van der Waals surface area contributed by atoms with Gasteiger partial charge >= 0.3 is 0 Å². The Morgan fingerprint density at radius 3 is 2.69 bits per heavy atom. The molecule has 1 rings (SSSR count). The number of piperidine rings is 1. The molecule has 1 unspecified atom stereocenters. The number of hydrogen-bond acceptors (Lipinski definition) is 3. The molecule has 1 fully saturated rings. The molecule has 0 aromatic rings. The first-order chi connectivity index (χ1) is 7.65. The fourth-order valence-corrected chi connectivity index (χ4v) is 2.14. The quantitative estimate of drug-likeness (QED) is 0.744. The van der Waals surface area contributed by atoms with Gasteiger partial charge in [0.05, 0.1) is 6.54 Å². The fraction of sp³-hybridized carbons (Fsp3) is 0.917. The summed E-state index contributed by atoms with van der Waals surface area (Å²) >= 11 is 0. The topological polar surface area (TPSA) is 35.6 Å². The highest BCUT2D eigenvalue weighted by atomic mass is 16.2. The molecule has 1 aliphatic heterocycles. The number of amides is 1. The third kappa shape index (κ3) is 4.10. The predicted octanol–water partition coefficient (Wildman–Crippen LogP) is 0.539. The van der Waals surface area contributed by atoms with Crippen LogP contribution in [0, 0.1) is 0 Å². The molecule has 0 aromatic carbocycles. The Morgan fingerprint density at radius 2 is 2.19 bits per heavy atom. The molecule has 0 aromatic heterocycles. The highest BCUT2D eigenvalue weighted by molar-refractivity contribution is 5.77. The highest BCUT2D eigenvalue weighted by Gasteiger charge is 2.22. The normalized spacial score (nSPS) is 21.1. The fourth-order valence-electron chi connectivity index (χ4n) is 2.14. The third-order valence-corrected chi connectivity index (χ3v) is 3.14. The lowest BCUT2D eigenvalue weighted by molar-refractivity contribution is -0.130. The van der Waals surface area contributed by atoms with Gasteiger partial charge in [0.15, 0.2) is 0 Å². The minimum Gasteiger partial charge on any atom is -0.348 e. The molecule has 1 aliphatic rings. The molecular formula is C12H25N3O. The molecule has 0 saturated carbocycles. The summed E-state index contributed by atoms with van der Waals surface area (Å²) in [5.74, 6) is 0.207. The van der Waals surface area contributed by atoms with Crippen molar-refractivity contribution in [1.29, 1.82) is 0 Å². The summed E-state index contributed by atoms with van der Waals surface area (Å²) in [6.07, 6.45) is 3.55. The monoisotopic (exact) mass is 227 g/mol. The molecule has 0 aliphatic carbocycles. The van der Waals surface area contributed by atoms with Crippen LogP contribution in [0.25, 0.3) is 0 Å². The second-order valence-electron chi connectivity index (χ2n) is 4.76. The first-order valence-electron chi connectivity index (χ1n) is 6.30. The Labute approximate surface area is 99.0 Å². The lowest BCUT2D eigenvalue weighted by atomic mass is 10.1. The van der Waals surface area contributed by atoms with Crippen LogP contribution in [0.1, 0.15) is 26.2 Å². The molecule has 1 N–H and O–H groups in total. The van der Waals surface area contributed by atoms with E-state index in [1.54, 1.807) is 4.90 Å². The molecule has 1 amide bonds. The molecule has 94 valence electrons. The lowest BCUT2D eigenvalue weighted by Crippen LogP contribution is -2.49. The van der Waals surface area contributed by atoms with Crippen LogP contribution in [0.15, 0.2) is 0 Å². The van der Waals surface area contributed by atoms with Gasteiger partial charge in [-0.25, -0.2) is 0 Å². The standard InChI is InChI=1S/C12H25N3O/c1-4-8-15(10-12(16)14(2)3)11-6-5-7-13-9-11/h11,13H,4-10H2,1-3H3. The molecule has 1 atom stereocenters. The van der Waals surface area contributed by atoms with Gasteiger partial charge in [-0.05, 0) is 32.4 Å². The Hall–Kier alpha value is -0.610. The Balaban J connectivity index is 2.48. The Bertz CT molecular complexity index is 212. The molecular weight excluding hydrogens is 202 g/mol. The number of nitrogens with zero attached hydrogens (tertiary/aromatic N) is 2. The van der Waals surface area contributed by atoms with E-state index in [1.165, 1.54) is 12.8 Å². The van der Waals surface area contributed by atoms with Crippen LogP contribution >= 0.6 is 0 Å². The van der Waals surface area contributed by atoms with Gasteiger partial charge in [0.1, 0.15) is 0 Å². The van der Waals surface area contributed by atoms with Crippen molar-refractivity contribution in [1.82, 2.24) is 15.1 Å². The summed E-state index contributed by atoms with van der Waals surface area (Å²) in [6.45, 7) is 5.90. The molecule has 1 saturated heterocycles. The molecule has 4 heteroatoms. The van der Waals surface area contributed by atoms with E-state index in [9.17, 15) is 4.79 Å². The van der Waals surface area contributed by atoms with Crippen molar-refractivity contribution in [3.05, 3.63) is 0 Å². The Morgan fingerprint density at radius 1 is 1.44 bits per heavy atom. The van der Waals surface area contributed by atoms with E-state index in [-0.39, 0.29) is 5.91 Å². The first-order valence-corrected chi connectivity index (χ1v) is 6.30. The van der Waals surface area contributed by atoms with Crippen LogP contribution < -0.4 is 5.32 Å². The van der Waals surface area contributed by atoms with E-state index in [4.69, 9.17) is 0 Å². The molecule has 1 heterocycles. The van der Waals surface area contributed by atoms with Crippen LogP contribution in [0.5, 0.6) is 0 Å². The average molecular weight is 227 g/mol. The maximum absolute atomic E-state index is 11.7. The number of rotatable bonds is 5. The van der Waals surface area contributed by atoms with Gasteiger partial charge in [0, 0.05) is 26.7 Å². The van der Waals surface area contributed by atoms with Crippen molar-refractivity contribution in [2.75, 3.05) is 40.3 Å². The zero-order valence-electron chi connectivity index (χ0n) is 10.8. The lowest BCUT2D eigenvalue weighted by Gasteiger charge is -2.34. The summed E-state index contributed by atoms with van der Waals surface area (Å²) in [4.78, 5) is 15.7. The number of nitrogens with one attached hydrogen (secondary N) is 1. The molecule has 4 nitrogen and oxygen atoms in total. The summed E-state index contributed by atoms with van der Waals surface area (Å²) in [5, 5.41) is 3.41. The number of hydrogen-bond donors (Lipinski definition) is 1. The minimum absolute atomic E-state index is 0.207. The van der Waals surface area contributed by atoms with Gasteiger partial charge in [0.25, 0.3) is 0 Å². The van der Waals surface area contributed by atoms with Crippen LogP contribution in [0.2, 0.25) is 0 Å². The van der Waals surface area contributed by atoms with Crippen LogP contribution in [-0.2, 0) is 4.79 Å². The average Bonchev–Trinajstić information content (AvgIpc) is 2.29. The van der Waals surface area contributed by atoms with Gasteiger partial charge in [-0.2, -0.15) is 0 Å². The van der Waals surface area contributed by atoms with Gasteiger partial charge in [-0.1, -0.05) is 6.92 Å². The van der Waals surface area contributed by atoms with Crippen molar-refractivity contribution in [2.24, 2.45) is 0 Å². The van der Waals surface area contributed by atoms with Gasteiger partial charge in [-0.15, -0.1) is 0 Å².